The summed E-state index contributed by atoms with van der Waals surface area (Å²) in [6.45, 7) is -0.0989. The summed E-state index contributed by atoms with van der Waals surface area (Å²) in [4.78, 5) is 29.6. The molecule has 0 saturated carbocycles. The minimum absolute atomic E-state index is 0.0989. The van der Waals surface area contributed by atoms with E-state index in [0.29, 0.717) is 28.5 Å². The molecule has 0 unspecified atom stereocenters. The molecule has 0 aliphatic rings. The zero-order chi connectivity index (χ0) is 19.0. The predicted octanol–water partition coefficient (Wildman–Crippen LogP) is 0.751. The minimum Gasteiger partial charge on any atom is -0.493 e. The van der Waals surface area contributed by atoms with Gasteiger partial charge in [-0.05, 0) is 18.2 Å². The van der Waals surface area contributed by atoms with Crippen LogP contribution in [-0.2, 0) is 20.6 Å². The number of hydrogen-bond acceptors (Lipinski definition) is 5. The summed E-state index contributed by atoms with van der Waals surface area (Å²) in [6, 6.07) is 5.32. The fraction of sp³-hybridized carbons (Fsp3) is 0.278. The number of methoxy groups -OCH3 is 2. The van der Waals surface area contributed by atoms with Crippen molar-refractivity contribution in [2.45, 2.75) is 6.54 Å². The van der Waals surface area contributed by atoms with Crippen molar-refractivity contribution in [3.05, 3.63) is 39.0 Å². The molecule has 0 aliphatic heterocycles. The molecule has 0 spiro atoms. The van der Waals surface area contributed by atoms with Gasteiger partial charge >= 0.3 is 5.69 Å². The first-order valence-electron chi connectivity index (χ1n) is 7.76. The fourth-order valence-electron chi connectivity index (χ4n) is 2.91. The van der Waals surface area contributed by atoms with Crippen LogP contribution < -0.4 is 20.7 Å². The van der Waals surface area contributed by atoms with Crippen molar-refractivity contribution < 1.29 is 9.47 Å². The van der Waals surface area contributed by atoms with Crippen molar-refractivity contribution in [1.29, 1.82) is 0 Å². The third kappa shape index (κ3) is 2.45. The van der Waals surface area contributed by atoms with E-state index in [4.69, 9.17) is 15.9 Å². The minimum atomic E-state index is -0.502. The van der Waals surface area contributed by atoms with Gasteiger partial charge in [0.05, 0.1) is 20.8 Å². The van der Waals surface area contributed by atoms with E-state index in [-0.39, 0.29) is 6.54 Å². The Balaban J connectivity index is 2.34. The predicted molar refractivity (Wildman–Crippen MR) is 97.6 cm³/mol. The average molecular weight is 354 g/mol. The molecule has 0 fully saturated rings. The Hall–Kier alpha value is -3.47. The van der Waals surface area contributed by atoms with Crippen LogP contribution in [0.5, 0.6) is 11.5 Å². The molecule has 0 bridgehead atoms. The molecule has 3 rings (SSSR count). The lowest BCUT2D eigenvalue weighted by atomic mass is 10.2. The molecule has 0 amide bonds. The van der Waals surface area contributed by atoms with E-state index >= 15 is 0 Å². The normalized spacial score (nSPS) is 10.7. The van der Waals surface area contributed by atoms with Crippen LogP contribution in [-0.4, -0.2) is 32.9 Å². The van der Waals surface area contributed by atoms with Crippen molar-refractivity contribution in [3.8, 4) is 35.2 Å². The van der Waals surface area contributed by atoms with E-state index in [2.05, 4.69) is 10.9 Å². The molecule has 8 nitrogen and oxygen atoms in total. The van der Waals surface area contributed by atoms with Crippen LogP contribution in [0.25, 0.3) is 22.6 Å². The molecule has 1 aromatic carbocycles. The van der Waals surface area contributed by atoms with Crippen molar-refractivity contribution >= 4 is 11.2 Å². The molecule has 0 N–H and O–H groups in total. The lowest BCUT2D eigenvalue weighted by molar-refractivity contribution is 0.355. The van der Waals surface area contributed by atoms with Crippen LogP contribution in [0.15, 0.2) is 27.8 Å². The summed E-state index contributed by atoms with van der Waals surface area (Å²) < 4.78 is 14.5. The molecule has 8 heteroatoms. The SMILES string of the molecule is C#CCn1c(=O)c2c(nc(-c3ccc(OC)c(OC)c3)n2C)n(C)c1=O. The number of imidazole rings is 1. The number of fused-ring (bicyclic) bond motifs is 1. The number of aromatic nitrogens is 4. The Bertz CT molecular complexity index is 1160. The molecule has 0 radical (unpaired) electrons. The first-order valence-corrected chi connectivity index (χ1v) is 7.76. The summed E-state index contributed by atoms with van der Waals surface area (Å²) in [5.41, 5.74) is 0.338. The number of nitrogens with zero attached hydrogens (tertiary/aromatic N) is 4. The topological polar surface area (TPSA) is 80.3 Å². The molecule has 2 aromatic heterocycles. The maximum Gasteiger partial charge on any atom is 0.333 e. The molecular formula is C18H18N4O4. The number of ether oxygens (including phenoxy) is 2. The second-order valence-electron chi connectivity index (χ2n) is 5.67. The highest BCUT2D eigenvalue weighted by atomic mass is 16.5. The van der Waals surface area contributed by atoms with E-state index in [1.54, 1.807) is 51.1 Å². The second kappa shape index (κ2) is 6.44. The van der Waals surface area contributed by atoms with Gasteiger partial charge in [0.2, 0.25) is 0 Å². The van der Waals surface area contributed by atoms with Gasteiger partial charge < -0.3 is 14.0 Å². The molecule has 0 atom stereocenters. The third-order valence-corrected chi connectivity index (χ3v) is 4.25. The van der Waals surface area contributed by atoms with Gasteiger partial charge in [-0.2, -0.15) is 0 Å². The van der Waals surface area contributed by atoms with Gasteiger partial charge in [0.15, 0.2) is 22.7 Å². The number of terminal acetylenes is 1. The maximum atomic E-state index is 12.7. The summed E-state index contributed by atoms with van der Waals surface area (Å²) >= 11 is 0. The highest BCUT2D eigenvalue weighted by molar-refractivity contribution is 5.77. The van der Waals surface area contributed by atoms with Gasteiger partial charge in [0, 0.05) is 19.7 Å². The Morgan fingerprint density at radius 3 is 2.42 bits per heavy atom. The van der Waals surface area contributed by atoms with E-state index < -0.39 is 11.2 Å². The van der Waals surface area contributed by atoms with E-state index in [9.17, 15) is 9.59 Å². The smallest absolute Gasteiger partial charge is 0.333 e. The lowest BCUT2D eigenvalue weighted by Gasteiger charge is -2.09. The summed E-state index contributed by atoms with van der Waals surface area (Å²) in [5, 5.41) is 0. The maximum absolute atomic E-state index is 12.7. The molecule has 3 aromatic rings. The molecule has 2 heterocycles. The van der Waals surface area contributed by atoms with Crippen molar-refractivity contribution in [2.75, 3.05) is 14.2 Å². The molecule has 0 saturated heterocycles. The zero-order valence-corrected chi connectivity index (χ0v) is 14.9. The van der Waals surface area contributed by atoms with E-state index in [1.165, 1.54) is 4.57 Å². The van der Waals surface area contributed by atoms with Crippen LogP contribution in [0, 0.1) is 12.3 Å². The van der Waals surface area contributed by atoms with Gasteiger partial charge in [-0.15, -0.1) is 6.42 Å². The van der Waals surface area contributed by atoms with Crippen LogP contribution >= 0.6 is 0 Å². The Kier molecular flexibility index (Phi) is 4.30. The van der Waals surface area contributed by atoms with Gasteiger partial charge in [0.25, 0.3) is 5.56 Å². The highest BCUT2D eigenvalue weighted by Gasteiger charge is 2.19. The summed E-state index contributed by atoms with van der Waals surface area (Å²) in [7, 11) is 6.37. The third-order valence-electron chi connectivity index (χ3n) is 4.25. The van der Waals surface area contributed by atoms with Crippen LogP contribution in [0.1, 0.15) is 0 Å². The average Bonchev–Trinajstić information content (AvgIpc) is 3.00. The molecule has 134 valence electrons. The Morgan fingerprint density at radius 1 is 1.12 bits per heavy atom. The van der Waals surface area contributed by atoms with Crippen LogP contribution in [0.2, 0.25) is 0 Å². The van der Waals surface area contributed by atoms with Crippen molar-refractivity contribution in [2.24, 2.45) is 14.1 Å². The fourth-order valence-corrected chi connectivity index (χ4v) is 2.91. The first kappa shape index (κ1) is 17.4. The summed E-state index contributed by atoms with van der Waals surface area (Å²) in [6.07, 6.45) is 5.28. The zero-order valence-electron chi connectivity index (χ0n) is 14.9. The number of rotatable bonds is 4. The first-order chi connectivity index (χ1) is 12.4. The van der Waals surface area contributed by atoms with E-state index in [1.807, 2.05) is 0 Å². The van der Waals surface area contributed by atoms with Gasteiger partial charge in [0.1, 0.15) is 5.82 Å². The monoisotopic (exact) mass is 354 g/mol. The Morgan fingerprint density at radius 2 is 1.81 bits per heavy atom. The van der Waals surface area contributed by atoms with Crippen molar-refractivity contribution in [3.63, 3.8) is 0 Å². The Labute approximate surface area is 149 Å². The second-order valence-corrected chi connectivity index (χ2v) is 5.67. The van der Waals surface area contributed by atoms with E-state index in [0.717, 1.165) is 10.1 Å². The van der Waals surface area contributed by atoms with Crippen LogP contribution in [0.3, 0.4) is 0 Å². The largest absolute Gasteiger partial charge is 0.493 e. The molecular weight excluding hydrogens is 336 g/mol. The lowest BCUT2D eigenvalue weighted by Crippen LogP contribution is -2.39. The quantitative estimate of drug-likeness (QED) is 0.646. The number of benzene rings is 1. The van der Waals surface area contributed by atoms with Gasteiger partial charge in [-0.1, -0.05) is 5.92 Å². The molecule has 0 aliphatic carbocycles. The highest BCUT2D eigenvalue weighted by Crippen LogP contribution is 2.32. The van der Waals surface area contributed by atoms with Crippen molar-refractivity contribution in [1.82, 2.24) is 18.7 Å². The van der Waals surface area contributed by atoms with Crippen LogP contribution in [0.4, 0.5) is 0 Å². The number of aryl methyl sites for hydroxylation is 2. The standard InChI is InChI=1S/C18H18N4O4/c1-6-9-22-17(23)14-16(21(3)18(22)24)19-15(20(14)2)11-7-8-12(25-4)13(10-11)26-5/h1,7-8,10H,9H2,2-5H3. The van der Waals surface area contributed by atoms with Gasteiger partial charge in [-0.3, -0.25) is 9.36 Å². The molecule has 26 heavy (non-hydrogen) atoms. The van der Waals surface area contributed by atoms with Gasteiger partial charge in [-0.25, -0.2) is 14.3 Å². The summed E-state index contributed by atoms with van der Waals surface area (Å²) in [5.74, 6) is 3.97. The number of hydrogen-bond donors (Lipinski definition) is 0.